The predicted molar refractivity (Wildman–Crippen MR) is 64.1 cm³/mol. The summed E-state index contributed by atoms with van der Waals surface area (Å²) in [4.78, 5) is 8.57. The van der Waals surface area contributed by atoms with Crippen molar-refractivity contribution in [1.29, 1.82) is 0 Å². The third kappa shape index (κ3) is 25.7. The number of hydrogen-bond acceptors (Lipinski definition) is 7. The zero-order chi connectivity index (χ0) is 13.2. The van der Waals surface area contributed by atoms with Crippen LogP contribution in [0.1, 0.15) is 13.8 Å². The predicted octanol–water partition coefficient (Wildman–Crippen LogP) is -0.157. The van der Waals surface area contributed by atoms with Gasteiger partial charge in [0, 0.05) is 13.2 Å². The topological polar surface area (TPSA) is 98.2 Å². The fourth-order valence-corrected chi connectivity index (χ4v) is 0.740. The highest BCUT2D eigenvalue weighted by Crippen LogP contribution is 1.78. The van der Waals surface area contributed by atoms with Crippen molar-refractivity contribution >= 4 is 0 Å². The van der Waals surface area contributed by atoms with E-state index < -0.39 is 0 Å². The van der Waals surface area contributed by atoms with Crippen LogP contribution in [0.25, 0.3) is 0 Å². The largest absolute Gasteiger partial charge is 0.382 e. The lowest BCUT2D eigenvalue weighted by Crippen LogP contribution is -2.13. The molecule has 17 heavy (non-hydrogen) atoms. The van der Waals surface area contributed by atoms with Gasteiger partial charge in [0.05, 0.1) is 39.6 Å². The molecular formula is C10H26N2O5. The van der Waals surface area contributed by atoms with Gasteiger partial charge in [0.1, 0.15) is 0 Å². The van der Waals surface area contributed by atoms with Crippen LogP contribution >= 0.6 is 0 Å². The zero-order valence-electron chi connectivity index (χ0n) is 10.9. The summed E-state index contributed by atoms with van der Waals surface area (Å²) in [6.07, 6.45) is 0. The van der Waals surface area contributed by atoms with Crippen molar-refractivity contribution in [2.45, 2.75) is 13.8 Å². The molecule has 0 unspecified atom stereocenters. The molecule has 0 bridgehead atoms. The van der Waals surface area contributed by atoms with Gasteiger partial charge in [-0.3, -0.25) is 0 Å². The summed E-state index contributed by atoms with van der Waals surface area (Å²) in [6.45, 7) is 8.46. The van der Waals surface area contributed by atoms with Crippen LogP contribution in [-0.4, -0.2) is 52.9 Å². The van der Waals surface area contributed by atoms with Crippen LogP contribution in [0.15, 0.2) is 0 Å². The Balaban J connectivity index is 0. The molecule has 4 N–H and O–H groups in total. The van der Waals surface area contributed by atoms with Crippen molar-refractivity contribution in [2.24, 2.45) is 11.8 Å². The summed E-state index contributed by atoms with van der Waals surface area (Å²) < 4.78 is 14.9. The minimum Gasteiger partial charge on any atom is -0.382 e. The summed E-state index contributed by atoms with van der Waals surface area (Å²) in [5, 5.41) is 0. The Labute approximate surface area is 103 Å². The van der Waals surface area contributed by atoms with Gasteiger partial charge in [-0.2, -0.15) is 0 Å². The fraction of sp³-hybridized carbons (Fsp3) is 1.00. The van der Waals surface area contributed by atoms with E-state index in [1.54, 1.807) is 0 Å². The molecule has 0 radical (unpaired) electrons. The van der Waals surface area contributed by atoms with Crippen LogP contribution in [0.4, 0.5) is 0 Å². The standard InChI is InChI=1S/C6H16N2O4.C4H10O/c7-11-5-3-9-1-2-10-4-6-12-8;1-3-5-4-2/h1-8H2;3-4H2,1-2H3. The van der Waals surface area contributed by atoms with E-state index in [9.17, 15) is 0 Å². The van der Waals surface area contributed by atoms with Gasteiger partial charge in [-0.1, -0.05) is 0 Å². The second-order valence-corrected chi connectivity index (χ2v) is 2.75. The maximum atomic E-state index is 5.05. The van der Waals surface area contributed by atoms with E-state index in [0.717, 1.165) is 13.2 Å². The summed E-state index contributed by atoms with van der Waals surface area (Å²) in [7, 11) is 0. The molecule has 0 saturated carbocycles. The zero-order valence-corrected chi connectivity index (χ0v) is 10.9. The van der Waals surface area contributed by atoms with E-state index in [4.69, 9.17) is 26.0 Å². The maximum absolute atomic E-state index is 5.05. The first-order valence-corrected chi connectivity index (χ1v) is 5.70. The van der Waals surface area contributed by atoms with Crippen LogP contribution in [-0.2, 0) is 23.9 Å². The van der Waals surface area contributed by atoms with Crippen molar-refractivity contribution < 1.29 is 23.9 Å². The number of nitrogens with two attached hydrogens (primary N) is 2. The molecule has 0 spiro atoms. The molecule has 0 saturated heterocycles. The highest BCUT2D eigenvalue weighted by molar-refractivity contribution is 4.31. The van der Waals surface area contributed by atoms with E-state index in [-0.39, 0.29) is 0 Å². The van der Waals surface area contributed by atoms with E-state index in [1.807, 2.05) is 13.8 Å². The Morgan fingerprint density at radius 2 is 0.941 bits per heavy atom. The lowest BCUT2D eigenvalue weighted by Gasteiger charge is -2.03. The van der Waals surface area contributed by atoms with E-state index in [0.29, 0.717) is 39.6 Å². The Bertz CT molecular complexity index is 107. The van der Waals surface area contributed by atoms with Gasteiger partial charge < -0.3 is 23.9 Å². The van der Waals surface area contributed by atoms with Crippen molar-refractivity contribution in [3.8, 4) is 0 Å². The van der Waals surface area contributed by atoms with Gasteiger partial charge in [0.15, 0.2) is 0 Å². The average Bonchev–Trinajstić information content (AvgIpc) is 2.34. The summed E-state index contributed by atoms with van der Waals surface area (Å²) >= 11 is 0. The molecule has 7 nitrogen and oxygen atoms in total. The average molecular weight is 254 g/mol. The minimum atomic E-state index is 0.395. The molecule has 0 aromatic heterocycles. The first-order valence-electron chi connectivity index (χ1n) is 5.70. The van der Waals surface area contributed by atoms with E-state index >= 15 is 0 Å². The first kappa shape index (κ1) is 19.1. The van der Waals surface area contributed by atoms with Crippen molar-refractivity contribution in [2.75, 3.05) is 52.9 Å². The molecule has 0 aliphatic carbocycles. The molecule has 7 heteroatoms. The summed E-state index contributed by atoms with van der Waals surface area (Å²) in [5.74, 6) is 9.53. The SMILES string of the molecule is CCOCC.NOCCOCCOCCON. The van der Waals surface area contributed by atoms with Gasteiger partial charge in [-0.25, -0.2) is 11.8 Å². The molecule has 0 aromatic carbocycles. The third-order valence-electron chi connectivity index (χ3n) is 1.47. The Morgan fingerprint density at radius 3 is 1.18 bits per heavy atom. The number of ether oxygens (including phenoxy) is 3. The molecule has 106 valence electrons. The third-order valence-corrected chi connectivity index (χ3v) is 1.47. The highest BCUT2D eigenvalue weighted by atomic mass is 16.6. The van der Waals surface area contributed by atoms with Crippen molar-refractivity contribution in [1.82, 2.24) is 0 Å². The number of hydrogen-bond donors (Lipinski definition) is 2. The molecule has 0 heterocycles. The molecular weight excluding hydrogens is 228 g/mol. The molecule has 0 amide bonds. The van der Waals surface area contributed by atoms with Crippen LogP contribution in [0.3, 0.4) is 0 Å². The van der Waals surface area contributed by atoms with Gasteiger partial charge >= 0.3 is 0 Å². The maximum Gasteiger partial charge on any atom is 0.0913 e. The van der Waals surface area contributed by atoms with Crippen LogP contribution in [0, 0.1) is 0 Å². The lowest BCUT2D eigenvalue weighted by molar-refractivity contribution is -0.00225. The fourth-order valence-electron chi connectivity index (χ4n) is 0.740. The van der Waals surface area contributed by atoms with Crippen LogP contribution < -0.4 is 11.8 Å². The van der Waals surface area contributed by atoms with Crippen molar-refractivity contribution in [3.63, 3.8) is 0 Å². The first-order chi connectivity index (χ1) is 8.33. The lowest BCUT2D eigenvalue weighted by atomic mass is 10.7. The van der Waals surface area contributed by atoms with Gasteiger partial charge in [0.2, 0.25) is 0 Å². The van der Waals surface area contributed by atoms with Gasteiger partial charge in [-0.05, 0) is 13.8 Å². The monoisotopic (exact) mass is 254 g/mol. The normalized spacial score (nSPS) is 9.88. The highest BCUT2D eigenvalue weighted by Gasteiger charge is 1.89. The number of rotatable bonds is 11. The van der Waals surface area contributed by atoms with Crippen LogP contribution in [0.5, 0.6) is 0 Å². The second kappa shape index (κ2) is 21.1. The smallest absolute Gasteiger partial charge is 0.0913 e. The molecule has 0 aromatic rings. The second-order valence-electron chi connectivity index (χ2n) is 2.75. The minimum absolute atomic E-state index is 0.395. The molecule has 0 fully saturated rings. The van der Waals surface area contributed by atoms with E-state index in [2.05, 4.69) is 9.68 Å². The van der Waals surface area contributed by atoms with E-state index in [1.165, 1.54) is 0 Å². The molecule has 0 atom stereocenters. The van der Waals surface area contributed by atoms with Gasteiger partial charge in [-0.15, -0.1) is 0 Å². The van der Waals surface area contributed by atoms with Crippen LogP contribution in [0.2, 0.25) is 0 Å². The molecule has 0 rings (SSSR count). The summed E-state index contributed by atoms with van der Waals surface area (Å²) in [5.41, 5.74) is 0. The quantitative estimate of drug-likeness (QED) is 0.390. The Morgan fingerprint density at radius 1 is 0.588 bits per heavy atom. The van der Waals surface area contributed by atoms with Crippen molar-refractivity contribution in [3.05, 3.63) is 0 Å². The molecule has 0 aliphatic heterocycles. The summed E-state index contributed by atoms with van der Waals surface area (Å²) in [6, 6.07) is 0. The van der Waals surface area contributed by atoms with Gasteiger partial charge in [0.25, 0.3) is 0 Å². The molecule has 0 aliphatic rings. The Hall–Kier alpha value is -0.280. The Kier molecular flexibility index (Phi) is 23.6.